The maximum atomic E-state index is 11.1. The van der Waals surface area contributed by atoms with Gasteiger partial charge in [-0.05, 0) is 54.8 Å². The van der Waals surface area contributed by atoms with E-state index >= 15 is 0 Å². The van der Waals surface area contributed by atoms with Gasteiger partial charge >= 0.3 is 6.09 Å². The molecule has 20 heavy (non-hydrogen) atoms. The molecule has 2 unspecified atom stereocenters. The van der Waals surface area contributed by atoms with Crippen LogP contribution in [0.15, 0.2) is 0 Å². The third-order valence-corrected chi connectivity index (χ3v) is 5.50. The van der Waals surface area contributed by atoms with Gasteiger partial charge in [-0.25, -0.2) is 4.79 Å². The van der Waals surface area contributed by atoms with Crippen LogP contribution in [0.3, 0.4) is 0 Å². The largest absolute Gasteiger partial charge is 0.465 e. The van der Waals surface area contributed by atoms with Crippen molar-refractivity contribution in [1.29, 1.82) is 0 Å². The molecular weight excluding hydrogens is 254 g/mol. The molecule has 0 aromatic rings. The zero-order chi connectivity index (χ0) is 15.0. The maximum absolute atomic E-state index is 11.1. The first-order valence-electron chi connectivity index (χ1n) is 7.89. The van der Waals surface area contributed by atoms with Gasteiger partial charge in [0, 0.05) is 19.7 Å². The van der Waals surface area contributed by atoms with Crippen LogP contribution in [0.4, 0.5) is 4.79 Å². The molecule has 2 N–H and O–H groups in total. The molecule has 1 heterocycles. The summed E-state index contributed by atoms with van der Waals surface area (Å²) in [5, 5.41) is 18.1. The second kappa shape index (κ2) is 5.55. The standard InChI is InChI=1S/C16H29NO3/c1-15(2,3)13-12(5-4-10-18)11-16(13)6-8-17(9-7-16)14(19)20/h12-13,18H,4-11H2,1-3H3,(H,19,20). The summed E-state index contributed by atoms with van der Waals surface area (Å²) >= 11 is 0. The first kappa shape index (κ1) is 15.6. The van der Waals surface area contributed by atoms with Gasteiger partial charge in [-0.1, -0.05) is 20.8 Å². The minimum Gasteiger partial charge on any atom is -0.465 e. The van der Waals surface area contributed by atoms with Crippen LogP contribution in [-0.2, 0) is 0 Å². The van der Waals surface area contributed by atoms with Crippen molar-refractivity contribution in [2.45, 2.75) is 52.9 Å². The Morgan fingerprint density at radius 3 is 2.35 bits per heavy atom. The minimum absolute atomic E-state index is 0.268. The zero-order valence-electron chi connectivity index (χ0n) is 13.1. The quantitative estimate of drug-likeness (QED) is 0.836. The Balaban J connectivity index is 2.03. The number of rotatable bonds is 3. The molecule has 116 valence electrons. The lowest BCUT2D eigenvalue weighted by atomic mass is 9.43. The van der Waals surface area contributed by atoms with Crippen LogP contribution in [0.1, 0.15) is 52.9 Å². The van der Waals surface area contributed by atoms with Gasteiger partial charge in [0.25, 0.3) is 0 Å². The van der Waals surface area contributed by atoms with Gasteiger partial charge in [0.2, 0.25) is 0 Å². The molecule has 4 heteroatoms. The molecule has 1 saturated heterocycles. The van der Waals surface area contributed by atoms with Crippen LogP contribution in [0.5, 0.6) is 0 Å². The third kappa shape index (κ3) is 2.80. The molecule has 1 saturated carbocycles. The van der Waals surface area contributed by atoms with Crippen molar-refractivity contribution in [3.63, 3.8) is 0 Å². The van der Waals surface area contributed by atoms with Crippen LogP contribution in [0.25, 0.3) is 0 Å². The number of hydrogen-bond acceptors (Lipinski definition) is 2. The molecule has 2 rings (SSSR count). The van der Waals surface area contributed by atoms with Gasteiger partial charge in [0.05, 0.1) is 0 Å². The smallest absolute Gasteiger partial charge is 0.407 e. The monoisotopic (exact) mass is 283 g/mol. The average molecular weight is 283 g/mol. The van der Waals surface area contributed by atoms with Gasteiger partial charge < -0.3 is 15.1 Å². The Morgan fingerprint density at radius 2 is 1.90 bits per heavy atom. The Labute approximate surface area is 122 Å². The van der Waals surface area contributed by atoms with Crippen molar-refractivity contribution in [3.05, 3.63) is 0 Å². The van der Waals surface area contributed by atoms with Crippen molar-refractivity contribution in [3.8, 4) is 0 Å². The normalized spacial score (nSPS) is 29.3. The van der Waals surface area contributed by atoms with Crippen LogP contribution in [0, 0.1) is 22.7 Å². The zero-order valence-corrected chi connectivity index (χ0v) is 13.1. The Hall–Kier alpha value is -0.770. The lowest BCUT2D eigenvalue weighted by molar-refractivity contribution is -0.139. The highest BCUT2D eigenvalue weighted by atomic mass is 16.4. The van der Waals surface area contributed by atoms with Crippen LogP contribution < -0.4 is 0 Å². The molecule has 2 fully saturated rings. The van der Waals surface area contributed by atoms with E-state index in [1.54, 1.807) is 4.90 Å². The van der Waals surface area contributed by atoms with Crippen LogP contribution in [-0.4, -0.2) is 40.9 Å². The molecule has 0 bridgehead atoms. The number of aliphatic hydroxyl groups excluding tert-OH is 1. The molecule has 1 aliphatic heterocycles. The lowest BCUT2D eigenvalue weighted by Crippen LogP contribution is -2.58. The van der Waals surface area contributed by atoms with Gasteiger partial charge in [-0.2, -0.15) is 0 Å². The molecule has 4 nitrogen and oxygen atoms in total. The number of carbonyl (C=O) groups is 1. The van der Waals surface area contributed by atoms with E-state index in [0.29, 0.717) is 30.3 Å². The van der Waals surface area contributed by atoms with E-state index in [-0.39, 0.29) is 12.0 Å². The van der Waals surface area contributed by atoms with Crippen LogP contribution in [0.2, 0.25) is 0 Å². The molecule has 1 aliphatic carbocycles. The first-order chi connectivity index (χ1) is 9.30. The van der Waals surface area contributed by atoms with Crippen molar-refractivity contribution < 1.29 is 15.0 Å². The van der Waals surface area contributed by atoms with Gasteiger partial charge in [0.1, 0.15) is 0 Å². The number of hydrogen-bond donors (Lipinski definition) is 2. The highest BCUT2D eigenvalue weighted by Gasteiger charge is 2.57. The maximum Gasteiger partial charge on any atom is 0.407 e. The van der Waals surface area contributed by atoms with E-state index in [1.807, 2.05) is 0 Å². The molecule has 2 atom stereocenters. The van der Waals surface area contributed by atoms with Gasteiger partial charge in [0.15, 0.2) is 0 Å². The van der Waals surface area contributed by atoms with E-state index in [1.165, 1.54) is 6.42 Å². The summed E-state index contributed by atoms with van der Waals surface area (Å²) in [6, 6.07) is 0. The molecule has 1 spiro atoms. The molecule has 1 amide bonds. The number of amides is 1. The summed E-state index contributed by atoms with van der Waals surface area (Å²) < 4.78 is 0. The van der Waals surface area contributed by atoms with E-state index in [4.69, 9.17) is 10.2 Å². The van der Waals surface area contributed by atoms with E-state index in [2.05, 4.69) is 20.8 Å². The molecule has 2 aliphatic rings. The van der Waals surface area contributed by atoms with E-state index < -0.39 is 6.09 Å². The number of piperidine rings is 1. The summed E-state index contributed by atoms with van der Waals surface area (Å²) in [7, 11) is 0. The number of nitrogens with zero attached hydrogens (tertiary/aromatic N) is 1. The summed E-state index contributed by atoms with van der Waals surface area (Å²) in [5.74, 6) is 1.37. The lowest BCUT2D eigenvalue weighted by Gasteiger charge is -2.63. The Morgan fingerprint density at radius 1 is 1.30 bits per heavy atom. The Kier molecular flexibility index (Phi) is 4.33. The second-order valence-electron chi connectivity index (χ2n) is 7.81. The summed E-state index contributed by atoms with van der Waals surface area (Å²) in [6.07, 6.45) is 4.48. The Bertz CT molecular complexity index is 353. The average Bonchev–Trinajstić information content (AvgIpc) is 2.32. The number of aliphatic hydroxyl groups is 1. The van der Waals surface area contributed by atoms with Gasteiger partial charge in [-0.15, -0.1) is 0 Å². The summed E-state index contributed by atoms with van der Waals surface area (Å²) in [6.45, 7) is 8.60. The predicted molar refractivity (Wildman–Crippen MR) is 78.6 cm³/mol. The van der Waals surface area contributed by atoms with Gasteiger partial charge in [-0.3, -0.25) is 0 Å². The van der Waals surface area contributed by atoms with E-state index in [0.717, 1.165) is 25.7 Å². The SMILES string of the molecule is CC(C)(C)C1C(CCCO)CC12CCN(C(=O)O)CC2. The minimum atomic E-state index is -0.775. The fourth-order valence-electron chi connectivity index (χ4n) is 5.01. The second-order valence-corrected chi connectivity index (χ2v) is 7.81. The third-order valence-electron chi connectivity index (χ3n) is 5.50. The molecule has 0 radical (unpaired) electrons. The number of carboxylic acid groups (broad SMARTS) is 1. The molecular formula is C16H29NO3. The van der Waals surface area contributed by atoms with Crippen molar-refractivity contribution in [1.82, 2.24) is 4.90 Å². The van der Waals surface area contributed by atoms with Crippen molar-refractivity contribution in [2.24, 2.45) is 22.7 Å². The first-order valence-corrected chi connectivity index (χ1v) is 7.89. The highest BCUT2D eigenvalue weighted by Crippen LogP contribution is 2.64. The van der Waals surface area contributed by atoms with Crippen molar-refractivity contribution >= 4 is 6.09 Å². The molecule has 0 aromatic heterocycles. The van der Waals surface area contributed by atoms with Crippen molar-refractivity contribution in [2.75, 3.05) is 19.7 Å². The predicted octanol–water partition coefficient (Wildman–Crippen LogP) is 3.20. The topological polar surface area (TPSA) is 60.8 Å². The van der Waals surface area contributed by atoms with Crippen LogP contribution >= 0.6 is 0 Å². The fourth-order valence-corrected chi connectivity index (χ4v) is 5.01. The summed E-state index contributed by atoms with van der Waals surface area (Å²) in [5.41, 5.74) is 0.619. The number of likely N-dealkylation sites (tertiary alicyclic amines) is 1. The highest BCUT2D eigenvalue weighted by molar-refractivity contribution is 5.65. The van der Waals surface area contributed by atoms with E-state index in [9.17, 15) is 4.79 Å². The summed E-state index contributed by atoms with van der Waals surface area (Å²) in [4.78, 5) is 12.6. The fraction of sp³-hybridized carbons (Fsp3) is 0.938. The molecule has 0 aromatic carbocycles.